The van der Waals surface area contributed by atoms with Crippen LogP contribution in [0.1, 0.15) is 41.0 Å². The summed E-state index contributed by atoms with van der Waals surface area (Å²) in [5.41, 5.74) is 8.46. The summed E-state index contributed by atoms with van der Waals surface area (Å²) in [6.07, 6.45) is 8.93. The Morgan fingerprint density at radius 2 is 2.27 bits per heavy atom. The van der Waals surface area contributed by atoms with E-state index in [-0.39, 0.29) is 11.3 Å². The van der Waals surface area contributed by atoms with Crippen molar-refractivity contribution in [3.63, 3.8) is 0 Å². The number of nitrogen functional groups attached to an aromatic ring is 1. The summed E-state index contributed by atoms with van der Waals surface area (Å²) in [6, 6.07) is 0. The summed E-state index contributed by atoms with van der Waals surface area (Å²) in [5, 5.41) is 0. The maximum Gasteiger partial charge on any atom is 0.271 e. The van der Waals surface area contributed by atoms with E-state index in [4.69, 9.17) is 5.73 Å². The van der Waals surface area contributed by atoms with Gasteiger partial charge in [-0.2, -0.15) is 0 Å². The topological polar surface area (TPSA) is 101 Å². The number of piperidine rings is 1. The molecule has 1 spiro atoms. The summed E-state index contributed by atoms with van der Waals surface area (Å²) in [5.74, 6) is 0.323. The molecule has 1 aliphatic carbocycles. The SMILES string of the molecule is Nc1ncc2c(n1)C1(CCCN(C(=O)c3cnc[nH]3)C1)CC2. The van der Waals surface area contributed by atoms with Gasteiger partial charge in [0.05, 0.1) is 18.2 Å². The van der Waals surface area contributed by atoms with E-state index in [0.717, 1.165) is 37.9 Å². The Kier molecular flexibility index (Phi) is 2.88. The number of anilines is 1. The third kappa shape index (κ3) is 1.96. The molecule has 7 heteroatoms. The van der Waals surface area contributed by atoms with Gasteiger partial charge in [-0.05, 0) is 31.2 Å². The number of rotatable bonds is 1. The molecule has 4 rings (SSSR count). The molecule has 0 aromatic carbocycles. The highest BCUT2D eigenvalue weighted by Crippen LogP contribution is 2.44. The predicted octanol–water partition coefficient (Wildman–Crippen LogP) is 0.902. The van der Waals surface area contributed by atoms with Gasteiger partial charge in [-0.15, -0.1) is 0 Å². The van der Waals surface area contributed by atoms with Crippen molar-refractivity contribution in [1.82, 2.24) is 24.8 Å². The van der Waals surface area contributed by atoms with Crippen molar-refractivity contribution >= 4 is 11.9 Å². The van der Waals surface area contributed by atoms with E-state index in [0.29, 0.717) is 18.2 Å². The van der Waals surface area contributed by atoms with Crippen molar-refractivity contribution in [2.24, 2.45) is 0 Å². The molecular weight excluding hydrogens is 280 g/mol. The van der Waals surface area contributed by atoms with E-state index in [2.05, 4.69) is 19.9 Å². The zero-order valence-electron chi connectivity index (χ0n) is 12.2. The standard InChI is InChI=1S/C15H18N6O/c16-14-18-6-10-2-4-15(12(10)20-14)3-1-5-21(8-15)13(22)11-7-17-9-19-11/h6-7,9H,1-5,8H2,(H,17,19)(H2,16,18,20). The number of amides is 1. The molecule has 0 radical (unpaired) electrons. The van der Waals surface area contributed by atoms with Gasteiger partial charge in [0.1, 0.15) is 5.69 Å². The Balaban J connectivity index is 1.65. The molecule has 114 valence electrons. The van der Waals surface area contributed by atoms with E-state index in [1.54, 1.807) is 6.20 Å². The molecule has 1 amide bonds. The lowest BCUT2D eigenvalue weighted by molar-refractivity contribution is 0.0628. The summed E-state index contributed by atoms with van der Waals surface area (Å²) >= 11 is 0. The average Bonchev–Trinajstić information content (AvgIpc) is 3.17. The Morgan fingerprint density at radius 1 is 1.36 bits per heavy atom. The number of nitrogens with one attached hydrogen (secondary N) is 1. The van der Waals surface area contributed by atoms with Crippen LogP contribution in [-0.4, -0.2) is 43.8 Å². The number of aryl methyl sites for hydroxylation is 1. The largest absolute Gasteiger partial charge is 0.368 e. The summed E-state index contributed by atoms with van der Waals surface area (Å²) in [7, 11) is 0. The second-order valence-corrected chi connectivity index (χ2v) is 6.18. The highest BCUT2D eigenvalue weighted by Gasteiger charge is 2.44. The van der Waals surface area contributed by atoms with Crippen LogP contribution in [0.4, 0.5) is 5.95 Å². The summed E-state index contributed by atoms with van der Waals surface area (Å²) in [6.45, 7) is 1.46. The zero-order chi connectivity index (χ0) is 15.2. The lowest BCUT2D eigenvalue weighted by Crippen LogP contribution is -2.48. The van der Waals surface area contributed by atoms with Crippen LogP contribution < -0.4 is 5.73 Å². The van der Waals surface area contributed by atoms with Gasteiger partial charge < -0.3 is 15.6 Å². The van der Waals surface area contributed by atoms with Gasteiger partial charge in [-0.25, -0.2) is 15.0 Å². The van der Waals surface area contributed by atoms with E-state index in [1.165, 1.54) is 11.9 Å². The Morgan fingerprint density at radius 3 is 3.09 bits per heavy atom. The first-order chi connectivity index (χ1) is 10.7. The lowest BCUT2D eigenvalue weighted by Gasteiger charge is -2.40. The number of carbonyl (C=O) groups excluding carboxylic acids is 1. The van der Waals surface area contributed by atoms with Crippen molar-refractivity contribution in [1.29, 1.82) is 0 Å². The molecule has 0 saturated carbocycles. The van der Waals surface area contributed by atoms with Crippen molar-refractivity contribution < 1.29 is 4.79 Å². The molecule has 1 unspecified atom stereocenters. The fourth-order valence-corrected chi connectivity index (χ4v) is 3.80. The van der Waals surface area contributed by atoms with Gasteiger partial charge in [0.15, 0.2) is 0 Å². The van der Waals surface area contributed by atoms with Gasteiger partial charge in [0, 0.05) is 24.7 Å². The lowest BCUT2D eigenvalue weighted by atomic mass is 9.77. The Labute approximate surface area is 128 Å². The van der Waals surface area contributed by atoms with Gasteiger partial charge in [-0.1, -0.05) is 0 Å². The minimum Gasteiger partial charge on any atom is -0.368 e. The van der Waals surface area contributed by atoms with Gasteiger partial charge in [0.25, 0.3) is 5.91 Å². The first kappa shape index (κ1) is 13.2. The Bertz CT molecular complexity index is 709. The molecule has 1 atom stereocenters. The molecule has 3 N–H and O–H groups in total. The van der Waals surface area contributed by atoms with Gasteiger partial charge >= 0.3 is 0 Å². The molecule has 1 saturated heterocycles. The molecule has 0 bridgehead atoms. The van der Waals surface area contributed by atoms with Crippen LogP contribution in [0.2, 0.25) is 0 Å². The number of carbonyl (C=O) groups is 1. The molecule has 7 nitrogen and oxygen atoms in total. The normalized spacial score (nSPS) is 23.7. The van der Waals surface area contributed by atoms with E-state index in [9.17, 15) is 4.79 Å². The van der Waals surface area contributed by atoms with E-state index >= 15 is 0 Å². The monoisotopic (exact) mass is 298 g/mol. The molecular formula is C15H18N6O. The van der Waals surface area contributed by atoms with Crippen LogP contribution in [0.25, 0.3) is 0 Å². The number of aromatic amines is 1. The molecule has 1 fully saturated rings. The van der Waals surface area contributed by atoms with Crippen molar-refractivity contribution in [3.8, 4) is 0 Å². The molecule has 2 aromatic heterocycles. The maximum atomic E-state index is 12.6. The van der Waals surface area contributed by atoms with Crippen molar-refractivity contribution in [2.75, 3.05) is 18.8 Å². The second kappa shape index (κ2) is 4.79. The number of imidazole rings is 1. The van der Waals surface area contributed by atoms with Crippen LogP contribution in [0.5, 0.6) is 0 Å². The summed E-state index contributed by atoms with van der Waals surface area (Å²) in [4.78, 5) is 29.9. The number of H-pyrrole nitrogens is 1. The first-order valence-electron chi connectivity index (χ1n) is 7.57. The fraction of sp³-hybridized carbons (Fsp3) is 0.467. The zero-order valence-corrected chi connectivity index (χ0v) is 12.2. The third-order valence-corrected chi connectivity index (χ3v) is 4.85. The smallest absolute Gasteiger partial charge is 0.271 e. The van der Waals surface area contributed by atoms with Gasteiger partial charge in [-0.3, -0.25) is 4.79 Å². The van der Waals surface area contributed by atoms with Crippen LogP contribution in [0.15, 0.2) is 18.7 Å². The quantitative estimate of drug-likeness (QED) is 0.814. The van der Waals surface area contributed by atoms with Crippen LogP contribution >= 0.6 is 0 Å². The van der Waals surface area contributed by atoms with Gasteiger partial charge in [0.2, 0.25) is 5.95 Å². The minimum atomic E-state index is -0.0691. The van der Waals surface area contributed by atoms with Crippen LogP contribution in [0.3, 0.4) is 0 Å². The number of nitrogens with two attached hydrogens (primary N) is 1. The number of aromatic nitrogens is 4. The highest BCUT2D eigenvalue weighted by atomic mass is 16.2. The first-order valence-corrected chi connectivity index (χ1v) is 7.57. The van der Waals surface area contributed by atoms with Crippen molar-refractivity contribution in [2.45, 2.75) is 31.1 Å². The average molecular weight is 298 g/mol. The fourth-order valence-electron chi connectivity index (χ4n) is 3.80. The Hall–Kier alpha value is -2.44. The number of fused-ring (bicyclic) bond motifs is 2. The number of hydrogen-bond donors (Lipinski definition) is 2. The molecule has 22 heavy (non-hydrogen) atoms. The van der Waals surface area contributed by atoms with Crippen LogP contribution in [0, 0.1) is 0 Å². The third-order valence-electron chi connectivity index (χ3n) is 4.85. The van der Waals surface area contributed by atoms with Crippen molar-refractivity contribution in [3.05, 3.63) is 35.7 Å². The predicted molar refractivity (Wildman–Crippen MR) is 80.2 cm³/mol. The maximum absolute atomic E-state index is 12.6. The highest BCUT2D eigenvalue weighted by molar-refractivity contribution is 5.92. The molecule has 2 aromatic rings. The summed E-state index contributed by atoms with van der Waals surface area (Å²) < 4.78 is 0. The number of hydrogen-bond acceptors (Lipinski definition) is 5. The van der Waals surface area contributed by atoms with E-state index < -0.39 is 0 Å². The van der Waals surface area contributed by atoms with Crippen LogP contribution in [-0.2, 0) is 11.8 Å². The van der Waals surface area contributed by atoms with E-state index in [1.807, 2.05) is 11.1 Å². The molecule has 1 aliphatic heterocycles. The number of likely N-dealkylation sites (tertiary alicyclic amines) is 1. The number of nitrogens with zero attached hydrogens (tertiary/aromatic N) is 4. The minimum absolute atomic E-state index is 0.00653. The molecule has 2 aliphatic rings. The molecule has 3 heterocycles. The second-order valence-electron chi connectivity index (χ2n) is 6.18.